The molecule has 0 spiro atoms. The zero-order valence-corrected chi connectivity index (χ0v) is 45.8. The zero-order valence-electron chi connectivity index (χ0n) is 43.4. The maximum absolute atomic E-state index is 12.8. The maximum atomic E-state index is 12.8. The summed E-state index contributed by atoms with van der Waals surface area (Å²) < 4.78 is 29.1. The van der Waals surface area contributed by atoms with Crippen LogP contribution >= 0.6 is 33.6 Å². The number of aromatic amines is 2. The number of H-pyrrole nitrogens is 2. The van der Waals surface area contributed by atoms with Gasteiger partial charge in [-0.15, -0.1) is 0 Å². The highest BCUT2D eigenvalue weighted by Gasteiger charge is 2.24. The molecular formula is C58H71ClN8O6S2. The number of rotatable bonds is 15. The van der Waals surface area contributed by atoms with Crippen molar-refractivity contribution in [1.82, 2.24) is 24.4 Å². The Morgan fingerprint density at radius 3 is 2.36 bits per heavy atom. The number of nitrogens with zero attached hydrogens (tertiary/aromatic N) is 4. The third kappa shape index (κ3) is 15.0. The van der Waals surface area contributed by atoms with E-state index in [2.05, 4.69) is 63.3 Å². The van der Waals surface area contributed by atoms with E-state index in [4.69, 9.17) is 35.4 Å². The second kappa shape index (κ2) is 26.7. The number of esters is 1. The minimum Gasteiger partial charge on any atom is -0.491 e. The first-order valence-corrected chi connectivity index (χ1v) is 27.4. The molecule has 9 rings (SSSR count). The SMILES string of the molecule is C.C=C1c2[nH]ccc2C(c2cc(N)ccc2C)=CN1C.CCSCl.CCSNc1ccc(Oc2cccc(OCCOC3CCN(c4ccc(C(=O)OC(C)(C)C)cn4)CC3)c2)c(-c2cn(C)c(=O)c3[nH]ccc23)c1. The molecule has 17 heteroatoms. The Morgan fingerprint density at radius 2 is 1.65 bits per heavy atom. The number of piperidine rings is 1. The van der Waals surface area contributed by atoms with Crippen LogP contribution in [0.5, 0.6) is 17.2 Å². The molecule has 0 radical (unpaired) electrons. The molecule has 2 aliphatic rings. The van der Waals surface area contributed by atoms with Crippen molar-refractivity contribution in [2.45, 2.75) is 73.5 Å². The van der Waals surface area contributed by atoms with E-state index >= 15 is 0 Å². The number of nitrogens with one attached hydrogen (secondary N) is 3. The van der Waals surface area contributed by atoms with E-state index < -0.39 is 5.60 Å². The van der Waals surface area contributed by atoms with Crippen molar-refractivity contribution in [2.75, 3.05) is 60.2 Å². The van der Waals surface area contributed by atoms with Gasteiger partial charge in [-0.25, -0.2) is 9.78 Å². The molecule has 0 amide bonds. The van der Waals surface area contributed by atoms with Gasteiger partial charge in [0.1, 0.15) is 40.8 Å². The van der Waals surface area contributed by atoms with Gasteiger partial charge in [0.2, 0.25) is 0 Å². The Morgan fingerprint density at radius 1 is 0.907 bits per heavy atom. The van der Waals surface area contributed by atoms with Gasteiger partial charge in [0.25, 0.3) is 5.56 Å². The third-order valence-electron chi connectivity index (χ3n) is 12.1. The molecule has 6 heterocycles. The lowest BCUT2D eigenvalue weighted by Gasteiger charge is -2.32. The number of aromatic nitrogens is 4. The van der Waals surface area contributed by atoms with Gasteiger partial charge in [-0.2, -0.15) is 0 Å². The number of fused-ring (bicyclic) bond motifs is 2. The second-order valence-electron chi connectivity index (χ2n) is 18.7. The minimum atomic E-state index is -0.547. The van der Waals surface area contributed by atoms with Gasteiger partial charge in [0.15, 0.2) is 0 Å². The lowest BCUT2D eigenvalue weighted by Crippen LogP contribution is -2.38. The number of ether oxygens (including phenoxy) is 4. The van der Waals surface area contributed by atoms with Crippen molar-refractivity contribution in [2.24, 2.45) is 7.05 Å². The van der Waals surface area contributed by atoms with Crippen molar-refractivity contribution in [3.8, 4) is 28.4 Å². The average Bonchev–Trinajstić information content (AvgIpc) is 4.10. The predicted molar refractivity (Wildman–Crippen MR) is 314 cm³/mol. The molecule has 0 atom stereocenters. The van der Waals surface area contributed by atoms with Crippen molar-refractivity contribution in [3.05, 3.63) is 161 Å². The molecule has 3 aromatic carbocycles. The fraction of sp³-hybridized carbons (Fsp3) is 0.328. The van der Waals surface area contributed by atoms with Gasteiger partial charge in [-0.1, -0.05) is 62.9 Å². The van der Waals surface area contributed by atoms with Crippen molar-refractivity contribution in [1.29, 1.82) is 0 Å². The summed E-state index contributed by atoms with van der Waals surface area (Å²) in [6.45, 7) is 18.3. The Hall–Kier alpha value is -6.72. The highest BCUT2D eigenvalue weighted by molar-refractivity contribution is 8.21. The first-order valence-electron chi connectivity index (χ1n) is 24.6. The van der Waals surface area contributed by atoms with E-state index in [9.17, 15) is 9.59 Å². The molecule has 14 nitrogen and oxygen atoms in total. The molecule has 5 N–H and O–H groups in total. The summed E-state index contributed by atoms with van der Waals surface area (Å²) in [6, 6.07) is 27.2. The smallest absolute Gasteiger partial charge is 0.340 e. The molecule has 1 saturated heterocycles. The molecule has 0 bridgehead atoms. The van der Waals surface area contributed by atoms with Crippen LogP contribution in [0.25, 0.3) is 33.3 Å². The molecule has 4 aromatic heterocycles. The monoisotopic (exact) mass is 1070 g/mol. The first kappa shape index (κ1) is 57.6. The first-order chi connectivity index (χ1) is 35.6. The van der Waals surface area contributed by atoms with Gasteiger partial charge in [-0.3, -0.25) is 4.79 Å². The Kier molecular flexibility index (Phi) is 20.5. The van der Waals surface area contributed by atoms with Gasteiger partial charge in [0.05, 0.1) is 29.7 Å². The number of hydrogen-bond acceptors (Lipinski definition) is 13. The van der Waals surface area contributed by atoms with E-state index in [1.807, 2.05) is 119 Å². The number of pyridine rings is 2. The molecular weight excluding hydrogens is 1000 g/mol. The largest absolute Gasteiger partial charge is 0.491 e. The third-order valence-corrected chi connectivity index (χ3v) is 13.7. The van der Waals surface area contributed by atoms with Crippen LogP contribution in [-0.2, 0) is 16.5 Å². The number of halogens is 1. The normalized spacial score (nSPS) is 13.3. The van der Waals surface area contributed by atoms with Crippen LogP contribution in [0.4, 0.5) is 17.2 Å². The summed E-state index contributed by atoms with van der Waals surface area (Å²) in [5.41, 5.74) is 16.5. The summed E-state index contributed by atoms with van der Waals surface area (Å²) in [7, 11) is 10.2. The van der Waals surface area contributed by atoms with E-state index in [1.165, 1.54) is 33.2 Å². The van der Waals surface area contributed by atoms with Gasteiger partial charge in [0, 0.05) is 115 Å². The number of aryl methyl sites for hydroxylation is 2. The summed E-state index contributed by atoms with van der Waals surface area (Å²) >= 11 is 1.61. The number of carbonyl (C=O) groups is 1. The lowest BCUT2D eigenvalue weighted by molar-refractivity contribution is 0.00690. The van der Waals surface area contributed by atoms with Crippen molar-refractivity contribution >= 4 is 78.9 Å². The Bertz CT molecular complexity index is 3120. The maximum Gasteiger partial charge on any atom is 0.340 e. The Labute approximate surface area is 454 Å². The summed E-state index contributed by atoms with van der Waals surface area (Å²) in [4.78, 5) is 40.2. The predicted octanol–water partition coefficient (Wildman–Crippen LogP) is 13.6. The topological polar surface area (TPSA) is 165 Å². The van der Waals surface area contributed by atoms with E-state index in [0.717, 1.165) is 82.5 Å². The Balaban J connectivity index is 0.000000314. The van der Waals surface area contributed by atoms with Gasteiger partial charge < -0.3 is 53.7 Å². The standard InChI is InChI=1S/C39H45N5O6S.C16H17N3.C2H5ClS.CH4/c1-6-51-42-27-11-12-34(32(22-27)33-25-43(5)37(45)36-31(33)14-17-40-36)49-30-9-7-8-29(23-30)48-21-20-47-28-15-18-44(19-16-28)35-13-10-26(24-41-35)38(46)50-39(2,3)4;1-10-4-5-12(17)8-14(10)15-9-19(3)11(2)16-13(15)6-7-18-16;1-2-4-3;/h7-14,17,22-25,28,40,42H,6,15-16,18-21H2,1-5H3;4-9,18H,2,17H2,1,3H3;2H2,1H3;1H4. The van der Waals surface area contributed by atoms with Crippen LogP contribution in [0.1, 0.15) is 87.6 Å². The second-order valence-corrected chi connectivity index (χ2v) is 21.2. The quantitative estimate of drug-likeness (QED) is 0.0332. The summed E-state index contributed by atoms with van der Waals surface area (Å²) in [6.07, 6.45) is 11.2. The number of nitrogen functional groups attached to an aromatic ring is 1. The molecule has 75 heavy (non-hydrogen) atoms. The van der Waals surface area contributed by atoms with Gasteiger partial charge >= 0.3 is 5.97 Å². The number of nitrogens with two attached hydrogens (primary N) is 1. The highest BCUT2D eigenvalue weighted by Crippen LogP contribution is 2.40. The number of anilines is 3. The molecule has 1 fully saturated rings. The van der Waals surface area contributed by atoms with Crippen LogP contribution in [-0.4, -0.2) is 86.9 Å². The molecule has 398 valence electrons. The van der Waals surface area contributed by atoms with Crippen LogP contribution in [0.3, 0.4) is 0 Å². The minimum absolute atomic E-state index is 0. The molecule has 0 unspecified atom stereocenters. The molecule has 2 aliphatic heterocycles. The van der Waals surface area contributed by atoms with Crippen LogP contribution < -0.4 is 30.4 Å². The summed E-state index contributed by atoms with van der Waals surface area (Å²) in [5.74, 6) is 4.36. The highest BCUT2D eigenvalue weighted by atomic mass is 35.7. The summed E-state index contributed by atoms with van der Waals surface area (Å²) in [5, 5.41) is 0.830. The fourth-order valence-corrected chi connectivity index (χ4v) is 8.88. The average molecular weight is 1080 g/mol. The van der Waals surface area contributed by atoms with Crippen LogP contribution in [0, 0.1) is 6.92 Å². The van der Waals surface area contributed by atoms with Crippen molar-refractivity contribution < 1.29 is 23.7 Å². The number of hydrogen-bond donors (Lipinski definition) is 4. The molecule has 0 saturated carbocycles. The molecule has 7 aromatic rings. The van der Waals surface area contributed by atoms with Crippen molar-refractivity contribution in [3.63, 3.8) is 0 Å². The van der Waals surface area contributed by atoms with Crippen LogP contribution in [0.15, 0.2) is 127 Å². The molecule has 0 aliphatic carbocycles. The number of carbonyl (C=O) groups excluding carboxylic acids is 1. The van der Waals surface area contributed by atoms with Crippen LogP contribution in [0.2, 0.25) is 0 Å². The van der Waals surface area contributed by atoms with E-state index in [0.29, 0.717) is 41.5 Å². The van der Waals surface area contributed by atoms with E-state index in [-0.39, 0.29) is 25.1 Å². The van der Waals surface area contributed by atoms with Gasteiger partial charge in [-0.05, 0) is 129 Å². The number of benzene rings is 3. The zero-order chi connectivity index (χ0) is 52.9. The lowest BCUT2D eigenvalue weighted by atomic mass is 9.92. The fourth-order valence-electron chi connectivity index (χ4n) is 8.44. The van der Waals surface area contributed by atoms with E-state index in [1.54, 1.807) is 42.0 Å².